The van der Waals surface area contributed by atoms with Crippen LogP contribution in [0.1, 0.15) is 18.4 Å². The molecule has 5 heteroatoms. The molecule has 4 N–H and O–H groups in total. The Morgan fingerprint density at radius 2 is 2.06 bits per heavy atom. The average Bonchev–Trinajstić information content (AvgIpc) is 3.07. The molecular formula is C12H15NO4. The summed E-state index contributed by atoms with van der Waals surface area (Å²) < 4.78 is 0. The second-order valence-electron chi connectivity index (χ2n) is 4.36. The van der Waals surface area contributed by atoms with E-state index in [1.807, 2.05) is 0 Å². The molecule has 1 aliphatic carbocycles. The minimum Gasteiger partial charge on any atom is -0.504 e. The third-order valence-corrected chi connectivity index (χ3v) is 2.93. The Hall–Kier alpha value is -1.75. The van der Waals surface area contributed by atoms with Crippen molar-refractivity contribution >= 4 is 5.97 Å². The first-order valence-electron chi connectivity index (χ1n) is 5.55. The van der Waals surface area contributed by atoms with Crippen LogP contribution < -0.4 is 5.32 Å². The van der Waals surface area contributed by atoms with Crippen molar-refractivity contribution in [2.75, 3.05) is 0 Å². The summed E-state index contributed by atoms with van der Waals surface area (Å²) in [5, 5.41) is 30.4. The van der Waals surface area contributed by atoms with E-state index in [0.717, 1.165) is 18.4 Å². The van der Waals surface area contributed by atoms with E-state index < -0.39 is 12.0 Å². The van der Waals surface area contributed by atoms with Crippen LogP contribution in [0.15, 0.2) is 18.2 Å². The predicted octanol–water partition coefficient (Wildman–Crippen LogP) is 1.05. The molecule has 0 aromatic heterocycles. The fourth-order valence-electron chi connectivity index (χ4n) is 1.79. The van der Waals surface area contributed by atoms with Crippen molar-refractivity contribution in [3.8, 4) is 11.5 Å². The van der Waals surface area contributed by atoms with Gasteiger partial charge in [0.2, 0.25) is 0 Å². The number of carboxylic acid groups (broad SMARTS) is 1. The van der Waals surface area contributed by atoms with Gasteiger partial charge >= 0.3 is 5.97 Å². The molecule has 5 nitrogen and oxygen atoms in total. The van der Waals surface area contributed by atoms with Crippen LogP contribution in [0.4, 0.5) is 0 Å². The standard InChI is InChI=1S/C12H15NO4/c14-9-4-1-7(5-10(9)15)6-13-11(12(16)17)8-2-3-8/h1,4-5,8,11,13-15H,2-3,6H2,(H,16,17). The Balaban J connectivity index is 1.96. The fourth-order valence-corrected chi connectivity index (χ4v) is 1.79. The molecule has 92 valence electrons. The first-order valence-corrected chi connectivity index (χ1v) is 5.55. The van der Waals surface area contributed by atoms with Crippen molar-refractivity contribution in [3.63, 3.8) is 0 Å². The van der Waals surface area contributed by atoms with Gasteiger partial charge in [0.25, 0.3) is 0 Å². The van der Waals surface area contributed by atoms with Crippen molar-refractivity contribution in [1.82, 2.24) is 5.32 Å². The molecule has 0 spiro atoms. The summed E-state index contributed by atoms with van der Waals surface area (Å²) in [5.74, 6) is -0.984. The molecule has 0 saturated heterocycles. The van der Waals surface area contributed by atoms with E-state index in [1.165, 1.54) is 12.1 Å². The Kier molecular flexibility index (Phi) is 3.19. The maximum atomic E-state index is 11.0. The number of rotatable bonds is 5. The van der Waals surface area contributed by atoms with Gasteiger partial charge in [-0.15, -0.1) is 0 Å². The number of carbonyl (C=O) groups is 1. The number of benzene rings is 1. The molecule has 2 rings (SSSR count). The molecular weight excluding hydrogens is 222 g/mol. The van der Waals surface area contributed by atoms with Crippen LogP contribution in [0.2, 0.25) is 0 Å². The van der Waals surface area contributed by atoms with Crippen molar-refractivity contribution in [2.24, 2.45) is 5.92 Å². The van der Waals surface area contributed by atoms with Crippen molar-refractivity contribution < 1.29 is 20.1 Å². The lowest BCUT2D eigenvalue weighted by Crippen LogP contribution is -2.37. The lowest BCUT2D eigenvalue weighted by atomic mass is 10.1. The van der Waals surface area contributed by atoms with Crippen LogP contribution in [-0.4, -0.2) is 27.3 Å². The molecule has 17 heavy (non-hydrogen) atoms. The monoisotopic (exact) mass is 237 g/mol. The largest absolute Gasteiger partial charge is 0.504 e. The summed E-state index contributed by atoms with van der Waals surface area (Å²) in [5.41, 5.74) is 0.743. The molecule has 0 heterocycles. The second-order valence-corrected chi connectivity index (χ2v) is 4.36. The van der Waals surface area contributed by atoms with E-state index >= 15 is 0 Å². The maximum Gasteiger partial charge on any atom is 0.320 e. The Morgan fingerprint density at radius 1 is 1.35 bits per heavy atom. The quantitative estimate of drug-likeness (QED) is 0.575. The summed E-state index contributed by atoms with van der Waals surface area (Å²) in [7, 11) is 0. The highest BCUT2D eigenvalue weighted by Crippen LogP contribution is 2.33. The zero-order valence-electron chi connectivity index (χ0n) is 9.26. The average molecular weight is 237 g/mol. The van der Waals surface area contributed by atoms with Crippen molar-refractivity contribution in [1.29, 1.82) is 0 Å². The molecule has 1 unspecified atom stereocenters. The highest BCUT2D eigenvalue weighted by Gasteiger charge is 2.35. The lowest BCUT2D eigenvalue weighted by Gasteiger charge is -2.13. The maximum absolute atomic E-state index is 11.0. The molecule has 0 bridgehead atoms. The van der Waals surface area contributed by atoms with Gasteiger partial charge in [0.1, 0.15) is 6.04 Å². The summed E-state index contributed by atoms with van der Waals surface area (Å²) in [6.45, 7) is 0.362. The van der Waals surface area contributed by atoms with Crippen LogP contribution in [0.5, 0.6) is 11.5 Å². The molecule has 1 atom stereocenters. The summed E-state index contributed by atoms with van der Waals surface area (Å²) >= 11 is 0. The van der Waals surface area contributed by atoms with E-state index in [-0.39, 0.29) is 17.4 Å². The Labute approximate surface area is 98.7 Å². The van der Waals surface area contributed by atoms with Crippen LogP contribution >= 0.6 is 0 Å². The van der Waals surface area contributed by atoms with Gasteiger partial charge in [0.15, 0.2) is 11.5 Å². The van der Waals surface area contributed by atoms with Crippen molar-refractivity contribution in [2.45, 2.75) is 25.4 Å². The first kappa shape index (κ1) is 11.7. The predicted molar refractivity (Wildman–Crippen MR) is 60.8 cm³/mol. The number of hydrogen-bond donors (Lipinski definition) is 4. The van der Waals surface area contributed by atoms with E-state index in [9.17, 15) is 9.90 Å². The molecule has 1 aliphatic rings. The van der Waals surface area contributed by atoms with E-state index in [0.29, 0.717) is 6.54 Å². The van der Waals surface area contributed by atoms with Crippen LogP contribution in [-0.2, 0) is 11.3 Å². The molecule has 1 fully saturated rings. The topological polar surface area (TPSA) is 89.8 Å². The van der Waals surface area contributed by atoms with Crippen molar-refractivity contribution in [3.05, 3.63) is 23.8 Å². The van der Waals surface area contributed by atoms with Gasteiger partial charge in [-0.3, -0.25) is 4.79 Å². The van der Waals surface area contributed by atoms with E-state index in [2.05, 4.69) is 5.32 Å². The molecule has 1 aromatic rings. The van der Waals surface area contributed by atoms with Gasteiger partial charge in [-0.25, -0.2) is 0 Å². The molecule has 1 aromatic carbocycles. The molecule has 0 radical (unpaired) electrons. The van der Waals surface area contributed by atoms with Gasteiger partial charge in [-0.1, -0.05) is 6.07 Å². The number of aliphatic carboxylic acids is 1. The van der Waals surface area contributed by atoms with Crippen LogP contribution in [0, 0.1) is 5.92 Å². The number of nitrogens with one attached hydrogen (secondary N) is 1. The number of hydrogen-bond acceptors (Lipinski definition) is 4. The zero-order valence-corrected chi connectivity index (χ0v) is 9.26. The van der Waals surface area contributed by atoms with Gasteiger partial charge in [-0.05, 0) is 36.5 Å². The second kappa shape index (κ2) is 4.63. The van der Waals surface area contributed by atoms with Gasteiger partial charge < -0.3 is 20.6 Å². The van der Waals surface area contributed by atoms with Gasteiger partial charge in [-0.2, -0.15) is 0 Å². The molecule has 0 aliphatic heterocycles. The minimum atomic E-state index is -0.837. The van der Waals surface area contributed by atoms with Gasteiger partial charge in [0, 0.05) is 6.54 Å². The van der Waals surface area contributed by atoms with Crippen LogP contribution in [0.3, 0.4) is 0 Å². The number of carboxylic acids is 1. The molecule has 1 saturated carbocycles. The van der Waals surface area contributed by atoms with E-state index in [4.69, 9.17) is 10.2 Å². The third kappa shape index (κ3) is 2.88. The Morgan fingerprint density at radius 3 is 2.59 bits per heavy atom. The summed E-state index contributed by atoms with van der Waals surface area (Å²) in [4.78, 5) is 11.0. The highest BCUT2D eigenvalue weighted by atomic mass is 16.4. The smallest absolute Gasteiger partial charge is 0.320 e. The van der Waals surface area contributed by atoms with Crippen LogP contribution in [0.25, 0.3) is 0 Å². The molecule has 0 amide bonds. The number of aromatic hydroxyl groups is 2. The summed E-state index contributed by atoms with van der Waals surface area (Å²) in [6, 6.07) is 3.94. The lowest BCUT2D eigenvalue weighted by molar-refractivity contribution is -0.140. The Bertz CT molecular complexity index is 429. The highest BCUT2D eigenvalue weighted by molar-refractivity contribution is 5.74. The number of phenolic OH excluding ortho intramolecular Hbond substituents is 2. The first-order chi connectivity index (χ1) is 8.08. The van der Waals surface area contributed by atoms with Gasteiger partial charge in [0.05, 0.1) is 0 Å². The zero-order chi connectivity index (χ0) is 12.4. The minimum absolute atomic E-state index is 0.175. The normalized spacial score (nSPS) is 16.7. The third-order valence-electron chi connectivity index (χ3n) is 2.93. The SMILES string of the molecule is O=C(O)C(NCc1ccc(O)c(O)c1)C1CC1. The van der Waals surface area contributed by atoms with E-state index in [1.54, 1.807) is 6.07 Å². The fraction of sp³-hybridized carbons (Fsp3) is 0.417. The number of phenols is 2. The summed E-state index contributed by atoms with van der Waals surface area (Å²) in [6.07, 6.45) is 1.90.